The van der Waals surface area contributed by atoms with Crippen molar-refractivity contribution in [3.05, 3.63) is 110 Å². The summed E-state index contributed by atoms with van der Waals surface area (Å²) >= 11 is 8.24. The van der Waals surface area contributed by atoms with E-state index in [4.69, 9.17) is 16.3 Å². The van der Waals surface area contributed by atoms with Crippen molar-refractivity contribution in [2.75, 3.05) is 13.2 Å². The van der Waals surface area contributed by atoms with Crippen LogP contribution in [0, 0.1) is 3.57 Å². The predicted octanol–water partition coefficient (Wildman–Crippen LogP) is 4.13. The summed E-state index contributed by atoms with van der Waals surface area (Å²) in [7, 11) is 0. The topological polar surface area (TPSA) is 99.1 Å². The number of hydrogen-bond acceptors (Lipinski definition) is 5. The fourth-order valence-corrected chi connectivity index (χ4v) is 5.16. The first-order chi connectivity index (χ1) is 18.9. The van der Waals surface area contributed by atoms with E-state index >= 15 is 0 Å². The van der Waals surface area contributed by atoms with Gasteiger partial charge in [-0.25, -0.2) is 0 Å². The number of carbonyl (C=O) groups is 2. The molecule has 2 amide bonds. The number of halogens is 2. The lowest BCUT2D eigenvalue weighted by Crippen LogP contribution is -2.55. The molecular weight excluding hydrogens is 631 g/mol. The standard InChI is InChI=1S/C30H30ClIN2O5/c31-23-12-10-21(11-13-23)19-34(28(36)16-20-6-2-1-3-7-20)25-17-22(30(38)33-14-15-35)18-27(29(25)37)39-26-9-5-4-8-24(26)32/h1-13,18,25,27,29,35,37H,14-17,19H2,(H,33,38)/t25-,27+,29+/m1/s1. The third kappa shape index (κ3) is 7.82. The van der Waals surface area contributed by atoms with Crippen LogP contribution in [0.4, 0.5) is 0 Å². The molecule has 3 aromatic rings. The fourth-order valence-electron chi connectivity index (χ4n) is 4.52. The van der Waals surface area contributed by atoms with E-state index in [0.29, 0.717) is 16.3 Å². The normalized spacial score (nSPS) is 18.7. The molecule has 3 N–H and O–H groups in total. The van der Waals surface area contributed by atoms with E-state index in [1.807, 2.05) is 60.7 Å². The van der Waals surface area contributed by atoms with Crippen LogP contribution in [0.3, 0.4) is 0 Å². The molecule has 3 aromatic carbocycles. The molecule has 0 radical (unpaired) electrons. The van der Waals surface area contributed by atoms with Crippen molar-refractivity contribution in [2.45, 2.75) is 37.6 Å². The van der Waals surface area contributed by atoms with Crippen LogP contribution in [0.25, 0.3) is 0 Å². The van der Waals surface area contributed by atoms with Crippen LogP contribution >= 0.6 is 34.2 Å². The molecule has 0 saturated heterocycles. The average Bonchev–Trinajstić information content (AvgIpc) is 2.94. The van der Waals surface area contributed by atoms with Crippen molar-refractivity contribution < 1.29 is 24.5 Å². The van der Waals surface area contributed by atoms with Gasteiger partial charge in [0.25, 0.3) is 0 Å². The maximum Gasteiger partial charge on any atom is 0.247 e. The number of aliphatic hydroxyl groups excluding tert-OH is 2. The number of para-hydroxylation sites is 1. The molecule has 1 aliphatic carbocycles. The van der Waals surface area contributed by atoms with Gasteiger partial charge in [0.05, 0.1) is 22.6 Å². The third-order valence-electron chi connectivity index (χ3n) is 6.50. The summed E-state index contributed by atoms with van der Waals surface area (Å²) in [6.45, 7) is 0.101. The van der Waals surface area contributed by atoms with Crippen LogP contribution < -0.4 is 10.1 Å². The molecule has 204 valence electrons. The van der Waals surface area contributed by atoms with Crippen LogP contribution in [0.2, 0.25) is 5.02 Å². The summed E-state index contributed by atoms with van der Waals surface area (Å²) < 4.78 is 7.06. The molecule has 0 aliphatic heterocycles. The fraction of sp³-hybridized carbons (Fsp3) is 0.267. The Morgan fingerprint density at radius 1 is 1.00 bits per heavy atom. The lowest BCUT2D eigenvalue weighted by molar-refractivity contribution is -0.138. The lowest BCUT2D eigenvalue weighted by atomic mass is 9.87. The maximum atomic E-state index is 13.8. The summed E-state index contributed by atoms with van der Waals surface area (Å²) in [6, 6.07) is 23.2. The summed E-state index contributed by atoms with van der Waals surface area (Å²) in [5, 5.41) is 24.1. The molecule has 0 saturated carbocycles. The van der Waals surface area contributed by atoms with Crippen LogP contribution in [-0.4, -0.2) is 58.3 Å². The van der Waals surface area contributed by atoms with Gasteiger partial charge in [-0.2, -0.15) is 0 Å². The highest BCUT2D eigenvalue weighted by Crippen LogP contribution is 2.31. The Labute approximate surface area is 246 Å². The van der Waals surface area contributed by atoms with E-state index in [9.17, 15) is 19.8 Å². The van der Waals surface area contributed by atoms with E-state index in [2.05, 4.69) is 27.9 Å². The zero-order chi connectivity index (χ0) is 27.8. The number of nitrogens with one attached hydrogen (secondary N) is 1. The van der Waals surface area contributed by atoms with Gasteiger partial charge >= 0.3 is 0 Å². The summed E-state index contributed by atoms with van der Waals surface area (Å²) in [4.78, 5) is 28.4. The maximum absolute atomic E-state index is 13.8. The monoisotopic (exact) mass is 660 g/mol. The molecule has 0 unspecified atom stereocenters. The van der Waals surface area contributed by atoms with Gasteiger partial charge < -0.3 is 25.2 Å². The van der Waals surface area contributed by atoms with Crippen LogP contribution in [0.15, 0.2) is 90.5 Å². The highest BCUT2D eigenvalue weighted by molar-refractivity contribution is 14.1. The second-order valence-corrected chi connectivity index (χ2v) is 10.9. The van der Waals surface area contributed by atoms with Crippen molar-refractivity contribution in [2.24, 2.45) is 0 Å². The molecule has 3 atom stereocenters. The van der Waals surface area contributed by atoms with Gasteiger partial charge in [-0.1, -0.05) is 66.2 Å². The smallest absolute Gasteiger partial charge is 0.247 e. The second kappa shape index (κ2) is 13.9. The Morgan fingerprint density at radius 3 is 2.38 bits per heavy atom. The van der Waals surface area contributed by atoms with E-state index < -0.39 is 18.2 Å². The van der Waals surface area contributed by atoms with Gasteiger partial charge in [0.15, 0.2) is 0 Å². The van der Waals surface area contributed by atoms with Crippen LogP contribution in [0.5, 0.6) is 5.75 Å². The summed E-state index contributed by atoms with van der Waals surface area (Å²) in [5.74, 6) is -0.00134. The van der Waals surface area contributed by atoms with Crippen molar-refractivity contribution >= 4 is 46.0 Å². The van der Waals surface area contributed by atoms with Crippen molar-refractivity contribution in [1.29, 1.82) is 0 Å². The highest BCUT2D eigenvalue weighted by Gasteiger charge is 2.40. The number of ether oxygens (including phenoxy) is 1. The zero-order valence-corrected chi connectivity index (χ0v) is 24.1. The van der Waals surface area contributed by atoms with Gasteiger partial charge in [0.1, 0.15) is 18.0 Å². The Balaban J connectivity index is 1.69. The van der Waals surface area contributed by atoms with E-state index in [-0.39, 0.29) is 44.4 Å². The van der Waals surface area contributed by atoms with E-state index in [0.717, 1.165) is 14.7 Å². The molecule has 9 heteroatoms. The molecule has 0 fully saturated rings. The van der Waals surface area contributed by atoms with Gasteiger partial charge in [0.2, 0.25) is 11.8 Å². The molecule has 0 heterocycles. The SMILES string of the molecule is O=C(NCCO)C1=C[C@H](Oc2ccccc2I)[C@@H](O)[C@H](N(Cc2ccc(Cl)cc2)C(=O)Cc2ccccc2)C1. The average molecular weight is 661 g/mol. The molecule has 7 nitrogen and oxygen atoms in total. The quantitative estimate of drug-likeness (QED) is 0.284. The summed E-state index contributed by atoms with van der Waals surface area (Å²) in [6.07, 6.45) is -0.124. The first-order valence-corrected chi connectivity index (χ1v) is 14.1. The van der Waals surface area contributed by atoms with Gasteiger partial charge in [0, 0.05) is 30.1 Å². The number of hydrogen-bond donors (Lipinski definition) is 3. The third-order valence-corrected chi connectivity index (χ3v) is 7.64. The van der Waals surface area contributed by atoms with E-state index in [1.54, 1.807) is 29.2 Å². The first kappa shape index (κ1) is 29.1. The molecule has 0 aromatic heterocycles. The van der Waals surface area contributed by atoms with Gasteiger partial charge in [-0.05, 0) is 64.1 Å². The van der Waals surface area contributed by atoms with Crippen molar-refractivity contribution in [1.82, 2.24) is 10.2 Å². The van der Waals surface area contributed by atoms with Crippen molar-refractivity contribution in [3.8, 4) is 5.75 Å². The molecule has 1 aliphatic rings. The van der Waals surface area contributed by atoms with Gasteiger partial charge in [-0.15, -0.1) is 0 Å². The Morgan fingerprint density at radius 2 is 1.69 bits per heavy atom. The number of amides is 2. The Kier molecular flexibility index (Phi) is 10.4. The molecule has 4 rings (SSSR count). The largest absolute Gasteiger partial charge is 0.482 e. The number of carbonyl (C=O) groups excluding carboxylic acids is 2. The van der Waals surface area contributed by atoms with Crippen LogP contribution in [0.1, 0.15) is 17.5 Å². The highest BCUT2D eigenvalue weighted by atomic mass is 127. The first-order valence-electron chi connectivity index (χ1n) is 12.6. The minimum atomic E-state index is -1.11. The predicted molar refractivity (Wildman–Crippen MR) is 158 cm³/mol. The minimum Gasteiger partial charge on any atom is -0.482 e. The number of nitrogens with zero attached hydrogens (tertiary/aromatic N) is 1. The summed E-state index contributed by atoms with van der Waals surface area (Å²) in [5.41, 5.74) is 2.06. The molecule has 0 spiro atoms. The minimum absolute atomic E-state index is 0.0902. The van der Waals surface area contributed by atoms with Gasteiger partial charge in [-0.3, -0.25) is 9.59 Å². The molecule has 39 heavy (non-hydrogen) atoms. The van der Waals surface area contributed by atoms with E-state index in [1.165, 1.54) is 0 Å². The lowest BCUT2D eigenvalue weighted by Gasteiger charge is -2.40. The molecule has 0 bridgehead atoms. The molecular formula is C30H30ClIN2O5. The Bertz CT molecular complexity index is 1300. The zero-order valence-electron chi connectivity index (χ0n) is 21.2. The Hall–Kier alpha value is -2.92. The number of benzene rings is 3. The number of aliphatic hydroxyl groups is 2. The van der Waals surface area contributed by atoms with Crippen molar-refractivity contribution in [3.63, 3.8) is 0 Å². The second-order valence-electron chi connectivity index (χ2n) is 9.26. The van der Waals surface area contributed by atoms with Crippen LogP contribution in [-0.2, 0) is 22.6 Å². The number of rotatable bonds is 10.